The molecule has 0 aliphatic carbocycles. The molecule has 21 heavy (non-hydrogen) atoms. The lowest BCUT2D eigenvalue weighted by Gasteiger charge is -2.18. The molecule has 3 N–H and O–H groups in total. The first-order chi connectivity index (χ1) is 9.88. The van der Waals surface area contributed by atoms with E-state index in [1.807, 2.05) is 6.92 Å². The molecule has 0 heterocycles. The van der Waals surface area contributed by atoms with Crippen molar-refractivity contribution in [1.82, 2.24) is 0 Å². The fourth-order valence-corrected chi connectivity index (χ4v) is 2.04. The molecule has 0 fully saturated rings. The molecule has 110 valence electrons. The Labute approximate surface area is 121 Å². The standard InChI is InChI=1S/C16H16F2N2O/c1-9-14(18)7-12(16(19)21)8-15(9)20-10(2)11-3-5-13(17)6-4-11/h3-8,10,20H,1-2H3,(H2,19,21). The van der Waals surface area contributed by atoms with E-state index in [-0.39, 0.29) is 17.4 Å². The molecule has 1 amide bonds. The van der Waals surface area contributed by atoms with Gasteiger partial charge in [0.25, 0.3) is 0 Å². The number of nitrogens with one attached hydrogen (secondary N) is 1. The van der Waals surface area contributed by atoms with Gasteiger partial charge in [0.15, 0.2) is 0 Å². The number of amides is 1. The van der Waals surface area contributed by atoms with Crippen LogP contribution in [0.1, 0.15) is 34.5 Å². The summed E-state index contributed by atoms with van der Waals surface area (Å²) in [7, 11) is 0. The zero-order valence-electron chi connectivity index (χ0n) is 11.8. The number of carbonyl (C=O) groups is 1. The normalized spacial score (nSPS) is 12.0. The Morgan fingerprint density at radius 1 is 1.19 bits per heavy atom. The van der Waals surface area contributed by atoms with Gasteiger partial charge >= 0.3 is 0 Å². The molecule has 0 aromatic heterocycles. The predicted molar refractivity (Wildman–Crippen MR) is 78.1 cm³/mol. The van der Waals surface area contributed by atoms with Crippen LogP contribution in [0.25, 0.3) is 0 Å². The molecule has 0 saturated carbocycles. The Bertz CT molecular complexity index is 669. The summed E-state index contributed by atoms with van der Waals surface area (Å²) >= 11 is 0. The van der Waals surface area contributed by atoms with E-state index in [4.69, 9.17) is 5.73 Å². The van der Waals surface area contributed by atoms with Crippen LogP contribution in [0.5, 0.6) is 0 Å². The molecule has 5 heteroatoms. The summed E-state index contributed by atoms with van der Waals surface area (Å²) in [5, 5.41) is 3.11. The largest absolute Gasteiger partial charge is 0.378 e. The highest BCUT2D eigenvalue weighted by Crippen LogP contribution is 2.25. The number of halogens is 2. The minimum absolute atomic E-state index is 0.104. The Morgan fingerprint density at radius 3 is 2.38 bits per heavy atom. The van der Waals surface area contributed by atoms with Crippen molar-refractivity contribution in [3.63, 3.8) is 0 Å². The first-order valence-electron chi connectivity index (χ1n) is 6.50. The molecule has 0 aliphatic rings. The highest BCUT2D eigenvalue weighted by Gasteiger charge is 2.13. The predicted octanol–water partition coefficient (Wildman–Crippen LogP) is 3.55. The number of rotatable bonds is 4. The van der Waals surface area contributed by atoms with Crippen molar-refractivity contribution in [1.29, 1.82) is 0 Å². The summed E-state index contributed by atoms with van der Waals surface area (Å²) in [6.07, 6.45) is 0. The molecule has 0 bridgehead atoms. The maximum atomic E-state index is 13.8. The summed E-state index contributed by atoms with van der Waals surface area (Å²) in [4.78, 5) is 11.2. The van der Waals surface area contributed by atoms with E-state index < -0.39 is 11.7 Å². The van der Waals surface area contributed by atoms with E-state index in [2.05, 4.69) is 5.32 Å². The molecule has 1 unspecified atom stereocenters. The van der Waals surface area contributed by atoms with Gasteiger partial charge in [0.05, 0.1) is 0 Å². The number of nitrogens with two attached hydrogens (primary N) is 1. The number of hydrogen-bond donors (Lipinski definition) is 2. The fraction of sp³-hybridized carbons (Fsp3) is 0.188. The van der Waals surface area contributed by atoms with Crippen molar-refractivity contribution in [2.24, 2.45) is 5.73 Å². The van der Waals surface area contributed by atoms with Crippen LogP contribution in [0.4, 0.5) is 14.5 Å². The van der Waals surface area contributed by atoms with Crippen LogP contribution in [-0.4, -0.2) is 5.91 Å². The molecule has 0 aliphatic heterocycles. The molecule has 1 atom stereocenters. The van der Waals surface area contributed by atoms with Gasteiger partial charge in [-0.25, -0.2) is 8.78 Å². The lowest BCUT2D eigenvalue weighted by Crippen LogP contribution is -2.14. The van der Waals surface area contributed by atoms with Gasteiger partial charge in [0, 0.05) is 22.9 Å². The third-order valence-electron chi connectivity index (χ3n) is 3.37. The second kappa shape index (κ2) is 5.91. The number of primary amides is 1. The smallest absolute Gasteiger partial charge is 0.248 e. The zero-order valence-corrected chi connectivity index (χ0v) is 11.8. The molecule has 2 aromatic carbocycles. The highest BCUT2D eigenvalue weighted by atomic mass is 19.1. The van der Waals surface area contributed by atoms with Crippen LogP contribution < -0.4 is 11.1 Å². The topological polar surface area (TPSA) is 55.1 Å². The number of carbonyl (C=O) groups excluding carboxylic acids is 1. The van der Waals surface area contributed by atoms with Crippen LogP contribution >= 0.6 is 0 Å². The first-order valence-corrected chi connectivity index (χ1v) is 6.50. The lowest BCUT2D eigenvalue weighted by molar-refractivity contribution is 0.1000. The van der Waals surface area contributed by atoms with Crippen molar-refractivity contribution in [2.75, 3.05) is 5.32 Å². The monoisotopic (exact) mass is 290 g/mol. The summed E-state index contributed by atoms with van der Waals surface area (Å²) in [6, 6.07) is 8.48. The van der Waals surface area contributed by atoms with Crippen molar-refractivity contribution >= 4 is 11.6 Å². The molecule has 2 rings (SSSR count). The van der Waals surface area contributed by atoms with Gasteiger partial charge < -0.3 is 11.1 Å². The van der Waals surface area contributed by atoms with Gasteiger partial charge in [-0.1, -0.05) is 12.1 Å². The Kier molecular flexibility index (Phi) is 4.21. The maximum Gasteiger partial charge on any atom is 0.248 e. The van der Waals surface area contributed by atoms with Gasteiger partial charge in [-0.15, -0.1) is 0 Å². The van der Waals surface area contributed by atoms with E-state index in [9.17, 15) is 13.6 Å². The first kappa shape index (κ1) is 15.0. The average molecular weight is 290 g/mol. The molecule has 2 aromatic rings. The fourth-order valence-electron chi connectivity index (χ4n) is 2.04. The second-order valence-corrected chi connectivity index (χ2v) is 4.91. The average Bonchev–Trinajstić information content (AvgIpc) is 2.44. The molecular formula is C16H16F2N2O. The van der Waals surface area contributed by atoms with Crippen LogP contribution in [0, 0.1) is 18.6 Å². The maximum absolute atomic E-state index is 13.8. The second-order valence-electron chi connectivity index (χ2n) is 4.91. The van der Waals surface area contributed by atoms with Gasteiger partial charge in [0.1, 0.15) is 11.6 Å². The Hall–Kier alpha value is -2.43. The summed E-state index contributed by atoms with van der Waals surface area (Å²) in [5.41, 5.74) is 7.02. The quantitative estimate of drug-likeness (QED) is 0.904. The van der Waals surface area contributed by atoms with Crippen molar-refractivity contribution < 1.29 is 13.6 Å². The minimum atomic E-state index is -0.689. The summed E-state index contributed by atoms with van der Waals surface area (Å²) in [5.74, 6) is -1.50. The van der Waals surface area contributed by atoms with Crippen LogP contribution in [0.3, 0.4) is 0 Å². The van der Waals surface area contributed by atoms with Crippen LogP contribution in [-0.2, 0) is 0 Å². The van der Waals surface area contributed by atoms with Crippen molar-refractivity contribution in [3.8, 4) is 0 Å². The van der Waals surface area contributed by atoms with E-state index in [1.54, 1.807) is 19.1 Å². The van der Waals surface area contributed by atoms with Gasteiger partial charge in [-0.3, -0.25) is 4.79 Å². The van der Waals surface area contributed by atoms with E-state index in [1.165, 1.54) is 18.2 Å². The van der Waals surface area contributed by atoms with Crippen molar-refractivity contribution in [2.45, 2.75) is 19.9 Å². The molecular weight excluding hydrogens is 274 g/mol. The van der Waals surface area contributed by atoms with Crippen LogP contribution in [0.2, 0.25) is 0 Å². The number of hydrogen-bond acceptors (Lipinski definition) is 2. The summed E-state index contributed by atoms with van der Waals surface area (Å²) < 4.78 is 26.7. The van der Waals surface area contributed by atoms with Gasteiger partial charge in [-0.2, -0.15) is 0 Å². The van der Waals surface area contributed by atoms with Crippen LogP contribution in [0.15, 0.2) is 36.4 Å². The Balaban J connectivity index is 2.30. The zero-order chi connectivity index (χ0) is 15.6. The number of anilines is 1. The highest BCUT2D eigenvalue weighted by molar-refractivity contribution is 5.94. The summed E-state index contributed by atoms with van der Waals surface area (Å²) in [6.45, 7) is 3.47. The van der Waals surface area contributed by atoms with Gasteiger partial charge in [0.2, 0.25) is 5.91 Å². The molecule has 0 radical (unpaired) electrons. The van der Waals surface area contributed by atoms with E-state index in [0.29, 0.717) is 11.3 Å². The van der Waals surface area contributed by atoms with Crippen molar-refractivity contribution in [3.05, 3.63) is 64.7 Å². The molecule has 3 nitrogen and oxygen atoms in total. The Morgan fingerprint density at radius 2 is 1.81 bits per heavy atom. The van der Waals surface area contributed by atoms with E-state index >= 15 is 0 Å². The molecule has 0 saturated heterocycles. The lowest BCUT2D eigenvalue weighted by atomic mass is 10.1. The van der Waals surface area contributed by atoms with E-state index in [0.717, 1.165) is 11.6 Å². The molecule has 0 spiro atoms. The third kappa shape index (κ3) is 3.37. The SMILES string of the molecule is Cc1c(F)cc(C(N)=O)cc1NC(C)c1ccc(F)cc1. The minimum Gasteiger partial charge on any atom is -0.378 e. The number of benzene rings is 2. The third-order valence-corrected chi connectivity index (χ3v) is 3.37. The van der Waals surface area contributed by atoms with Gasteiger partial charge in [-0.05, 0) is 43.7 Å².